The van der Waals surface area contributed by atoms with Gasteiger partial charge in [-0.3, -0.25) is 0 Å². The maximum atomic E-state index is 11.3. The van der Waals surface area contributed by atoms with Crippen molar-refractivity contribution in [2.45, 2.75) is 13.8 Å². The van der Waals surface area contributed by atoms with Crippen molar-refractivity contribution in [3.8, 4) is 0 Å². The van der Waals surface area contributed by atoms with E-state index in [1.165, 1.54) is 7.11 Å². The van der Waals surface area contributed by atoms with Crippen LogP contribution < -0.4 is 4.72 Å². The Kier molecular flexibility index (Phi) is 5.58. The predicted molar refractivity (Wildman–Crippen MR) is 54.5 cm³/mol. The number of nitrogens with one attached hydrogen (secondary N) is 1. The molecule has 0 saturated heterocycles. The van der Waals surface area contributed by atoms with E-state index in [1.54, 1.807) is 13.8 Å². The molecule has 0 atom stereocenters. The molecule has 0 aliphatic carbocycles. The molecule has 0 aromatic carbocycles. The molecule has 0 bridgehead atoms. The lowest BCUT2D eigenvalue weighted by Crippen LogP contribution is -2.37. The third-order valence-electron chi connectivity index (χ3n) is 1.75. The first kappa shape index (κ1) is 13.8. The molecule has 0 radical (unpaired) electrons. The first-order chi connectivity index (χ1) is 6.33. The van der Waals surface area contributed by atoms with E-state index in [0.717, 1.165) is 0 Å². The molecule has 0 aromatic rings. The highest BCUT2D eigenvalue weighted by Crippen LogP contribution is 2.11. The Hall–Kier alpha value is -0.170. The Morgan fingerprint density at radius 3 is 2.43 bits per heavy atom. The lowest BCUT2D eigenvalue weighted by atomic mass is 9.96. The molecule has 0 amide bonds. The minimum Gasteiger partial charge on any atom is -0.396 e. The summed E-state index contributed by atoms with van der Waals surface area (Å²) in [5.41, 5.74) is -0.430. The van der Waals surface area contributed by atoms with Gasteiger partial charge in [0.25, 0.3) is 0 Å². The normalized spacial score (nSPS) is 13.1. The Bertz CT molecular complexity index is 248. The molecule has 6 heteroatoms. The Morgan fingerprint density at radius 1 is 1.43 bits per heavy atom. The van der Waals surface area contributed by atoms with Gasteiger partial charge in [-0.15, -0.1) is 0 Å². The number of hydrogen-bond donors (Lipinski definition) is 2. The number of ether oxygens (including phenoxy) is 1. The number of rotatable bonds is 7. The number of aliphatic hydroxyl groups is 1. The molecule has 0 aliphatic heterocycles. The highest BCUT2D eigenvalue weighted by atomic mass is 32.2. The average Bonchev–Trinajstić information content (AvgIpc) is 2.12. The van der Waals surface area contributed by atoms with Gasteiger partial charge in [0.05, 0.1) is 12.4 Å². The quantitative estimate of drug-likeness (QED) is 0.616. The van der Waals surface area contributed by atoms with Crippen LogP contribution in [0.25, 0.3) is 0 Å². The number of sulfonamides is 1. The SMILES string of the molecule is COCCS(=O)(=O)NCC(C)(C)CO. The Morgan fingerprint density at radius 2 is 2.00 bits per heavy atom. The van der Waals surface area contributed by atoms with Crippen LogP contribution in [0.5, 0.6) is 0 Å². The summed E-state index contributed by atoms with van der Waals surface area (Å²) < 4.78 is 29.6. The molecule has 0 spiro atoms. The van der Waals surface area contributed by atoms with Crippen molar-refractivity contribution in [2.75, 3.05) is 32.6 Å². The van der Waals surface area contributed by atoms with E-state index >= 15 is 0 Å². The number of methoxy groups -OCH3 is 1. The van der Waals surface area contributed by atoms with E-state index in [9.17, 15) is 8.42 Å². The zero-order valence-electron chi connectivity index (χ0n) is 8.91. The van der Waals surface area contributed by atoms with E-state index in [4.69, 9.17) is 5.11 Å². The molecular weight excluding hydrogens is 206 g/mol. The van der Waals surface area contributed by atoms with Crippen LogP contribution in [0.3, 0.4) is 0 Å². The summed E-state index contributed by atoms with van der Waals surface area (Å²) in [6.07, 6.45) is 0. The van der Waals surface area contributed by atoms with Crippen LogP contribution in [-0.2, 0) is 14.8 Å². The molecule has 0 saturated carbocycles. The van der Waals surface area contributed by atoms with Crippen LogP contribution in [-0.4, -0.2) is 46.1 Å². The fourth-order valence-electron chi connectivity index (χ4n) is 0.626. The van der Waals surface area contributed by atoms with Crippen molar-refractivity contribution in [1.82, 2.24) is 4.72 Å². The zero-order chi connectivity index (χ0) is 11.2. The summed E-state index contributed by atoms with van der Waals surface area (Å²) in [5.74, 6) is -0.0506. The van der Waals surface area contributed by atoms with E-state index in [-0.39, 0.29) is 25.5 Å². The summed E-state index contributed by atoms with van der Waals surface area (Å²) in [6, 6.07) is 0. The van der Waals surface area contributed by atoms with Crippen LogP contribution in [0.4, 0.5) is 0 Å². The lowest BCUT2D eigenvalue weighted by Gasteiger charge is -2.21. The van der Waals surface area contributed by atoms with Gasteiger partial charge < -0.3 is 9.84 Å². The van der Waals surface area contributed by atoms with Gasteiger partial charge in [0.15, 0.2) is 0 Å². The topological polar surface area (TPSA) is 75.6 Å². The molecule has 0 aromatic heterocycles. The highest BCUT2D eigenvalue weighted by molar-refractivity contribution is 7.89. The fraction of sp³-hybridized carbons (Fsp3) is 1.00. The molecule has 0 fully saturated rings. The van der Waals surface area contributed by atoms with Gasteiger partial charge in [-0.25, -0.2) is 13.1 Å². The van der Waals surface area contributed by atoms with Gasteiger partial charge in [0.1, 0.15) is 0 Å². The molecule has 86 valence electrons. The smallest absolute Gasteiger partial charge is 0.213 e. The predicted octanol–water partition coefficient (Wildman–Crippen LogP) is -0.429. The molecule has 0 rings (SSSR count). The van der Waals surface area contributed by atoms with E-state index in [1.807, 2.05) is 0 Å². The van der Waals surface area contributed by atoms with Crippen molar-refractivity contribution >= 4 is 10.0 Å². The van der Waals surface area contributed by atoms with Gasteiger partial charge in [-0.05, 0) is 0 Å². The summed E-state index contributed by atoms with van der Waals surface area (Å²) in [6.45, 7) is 3.92. The van der Waals surface area contributed by atoms with Crippen LogP contribution in [0.1, 0.15) is 13.8 Å². The van der Waals surface area contributed by atoms with Gasteiger partial charge in [-0.2, -0.15) is 0 Å². The molecule has 14 heavy (non-hydrogen) atoms. The zero-order valence-corrected chi connectivity index (χ0v) is 9.73. The highest BCUT2D eigenvalue weighted by Gasteiger charge is 2.19. The summed E-state index contributed by atoms with van der Waals surface area (Å²) in [7, 11) is -1.82. The van der Waals surface area contributed by atoms with Crippen LogP contribution >= 0.6 is 0 Å². The standard InChI is InChI=1S/C8H19NO4S/c1-8(2,7-10)6-9-14(11,12)5-4-13-3/h9-10H,4-7H2,1-3H3. The maximum absolute atomic E-state index is 11.3. The van der Waals surface area contributed by atoms with Gasteiger partial charge in [-0.1, -0.05) is 13.8 Å². The largest absolute Gasteiger partial charge is 0.396 e. The second-order valence-corrected chi connectivity index (χ2v) is 5.88. The third-order valence-corrected chi connectivity index (χ3v) is 3.04. The molecule has 0 unspecified atom stereocenters. The summed E-state index contributed by atoms with van der Waals surface area (Å²) >= 11 is 0. The second-order valence-electron chi connectivity index (χ2n) is 3.96. The minimum atomic E-state index is -3.27. The van der Waals surface area contributed by atoms with Crippen molar-refractivity contribution in [3.63, 3.8) is 0 Å². The monoisotopic (exact) mass is 225 g/mol. The van der Waals surface area contributed by atoms with Crippen molar-refractivity contribution < 1.29 is 18.3 Å². The molecule has 2 N–H and O–H groups in total. The minimum absolute atomic E-state index is 0.0506. The van der Waals surface area contributed by atoms with Crippen LogP contribution in [0, 0.1) is 5.41 Å². The first-order valence-electron chi connectivity index (χ1n) is 4.40. The van der Waals surface area contributed by atoms with E-state index in [0.29, 0.717) is 0 Å². The van der Waals surface area contributed by atoms with Gasteiger partial charge in [0.2, 0.25) is 10.0 Å². The maximum Gasteiger partial charge on any atom is 0.213 e. The lowest BCUT2D eigenvalue weighted by molar-refractivity contribution is 0.163. The molecular formula is C8H19NO4S. The fourth-order valence-corrected chi connectivity index (χ4v) is 1.77. The number of hydrogen-bond acceptors (Lipinski definition) is 4. The molecule has 0 heterocycles. The van der Waals surface area contributed by atoms with Gasteiger partial charge >= 0.3 is 0 Å². The van der Waals surface area contributed by atoms with Crippen molar-refractivity contribution in [1.29, 1.82) is 0 Å². The summed E-state index contributed by atoms with van der Waals surface area (Å²) in [4.78, 5) is 0. The Labute approximate surface area is 85.5 Å². The van der Waals surface area contributed by atoms with E-state index in [2.05, 4.69) is 9.46 Å². The van der Waals surface area contributed by atoms with Crippen molar-refractivity contribution in [3.05, 3.63) is 0 Å². The average molecular weight is 225 g/mol. The summed E-state index contributed by atoms with van der Waals surface area (Å²) in [5, 5.41) is 8.91. The van der Waals surface area contributed by atoms with Crippen LogP contribution in [0.15, 0.2) is 0 Å². The van der Waals surface area contributed by atoms with Gasteiger partial charge in [0, 0.05) is 25.7 Å². The Balaban J connectivity index is 4.00. The first-order valence-corrected chi connectivity index (χ1v) is 6.05. The second kappa shape index (κ2) is 5.65. The van der Waals surface area contributed by atoms with E-state index < -0.39 is 15.4 Å². The molecule has 5 nitrogen and oxygen atoms in total. The number of aliphatic hydroxyl groups excluding tert-OH is 1. The third kappa shape index (κ3) is 6.31. The van der Waals surface area contributed by atoms with Crippen molar-refractivity contribution in [2.24, 2.45) is 5.41 Å². The molecule has 0 aliphatic rings. The van der Waals surface area contributed by atoms with Crippen LogP contribution in [0.2, 0.25) is 0 Å².